The highest BCUT2D eigenvalue weighted by atomic mass is 14.9. The molecule has 1 nitrogen and oxygen atoms in total. The van der Waals surface area contributed by atoms with E-state index in [2.05, 4.69) is 53.9 Å². The summed E-state index contributed by atoms with van der Waals surface area (Å²) in [6.07, 6.45) is 15.4. The Morgan fingerprint density at radius 1 is 1.11 bits per heavy atom. The van der Waals surface area contributed by atoms with Crippen molar-refractivity contribution < 1.29 is 0 Å². The monoisotopic (exact) mass is 253 g/mol. The second-order valence-corrected chi connectivity index (χ2v) is 5.78. The first-order valence-corrected chi connectivity index (χ1v) is 7.55. The van der Waals surface area contributed by atoms with E-state index in [1.54, 1.807) is 0 Å². The van der Waals surface area contributed by atoms with Crippen molar-refractivity contribution in [3.8, 4) is 0 Å². The molecule has 1 heteroatoms. The van der Waals surface area contributed by atoms with Crippen LogP contribution in [0.3, 0.4) is 0 Å². The zero-order valence-electron chi connectivity index (χ0n) is 11.5. The number of allylic oxidation sites excluding steroid dienone is 4. The molecule has 0 fully saturated rings. The van der Waals surface area contributed by atoms with Crippen molar-refractivity contribution in [1.29, 1.82) is 0 Å². The van der Waals surface area contributed by atoms with Gasteiger partial charge in [-0.15, -0.1) is 0 Å². The Bertz CT molecular complexity index is 472. The number of hydrogen-bond acceptors (Lipinski definition) is 1. The molecule has 1 aliphatic heterocycles. The van der Waals surface area contributed by atoms with E-state index in [9.17, 15) is 0 Å². The molecule has 1 aliphatic carbocycles. The fraction of sp³-hybridized carbons (Fsp3) is 0.444. The molecule has 1 N–H and O–H groups in total. The third-order valence-electron chi connectivity index (χ3n) is 4.35. The van der Waals surface area contributed by atoms with E-state index in [4.69, 9.17) is 0 Å². The highest BCUT2D eigenvalue weighted by Crippen LogP contribution is 2.23. The summed E-state index contributed by atoms with van der Waals surface area (Å²) >= 11 is 0. The summed E-state index contributed by atoms with van der Waals surface area (Å²) in [5, 5.41) is 3.77. The van der Waals surface area contributed by atoms with Gasteiger partial charge in [-0.05, 0) is 49.1 Å². The minimum absolute atomic E-state index is 0.675. The number of fused-ring (bicyclic) bond motifs is 1. The Morgan fingerprint density at radius 3 is 2.84 bits per heavy atom. The second-order valence-electron chi connectivity index (χ2n) is 5.78. The van der Waals surface area contributed by atoms with Crippen LogP contribution in [-0.4, -0.2) is 6.04 Å². The molecule has 0 saturated carbocycles. The van der Waals surface area contributed by atoms with Crippen molar-refractivity contribution in [2.24, 2.45) is 5.92 Å². The second kappa shape index (κ2) is 6.21. The van der Waals surface area contributed by atoms with Crippen molar-refractivity contribution >= 4 is 0 Å². The summed E-state index contributed by atoms with van der Waals surface area (Å²) in [5.41, 5.74) is 3.03. The maximum Gasteiger partial charge on any atom is 0.0210 e. The van der Waals surface area contributed by atoms with Gasteiger partial charge < -0.3 is 5.32 Å². The zero-order valence-corrected chi connectivity index (χ0v) is 11.5. The van der Waals surface area contributed by atoms with E-state index in [0.717, 1.165) is 12.5 Å². The Hall–Kier alpha value is -1.34. The molecule has 2 aliphatic rings. The predicted molar refractivity (Wildman–Crippen MR) is 81.0 cm³/mol. The van der Waals surface area contributed by atoms with Crippen LogP contribution in [-0.2, 0) is 13.0 Å². The number of rotatable bonds is 2. The van der Waals surface area contributed by atoms with Crippen molar-refractivity contribution in [3.05, 3.63) is 59.7 Å². The number of aryl methyl sites for hydroxylation is 1. The number of nitrogens with one attached hydrogen (secondary N) is 1. The first-order valence-electron chi connectivity index (χ1n) is 7.55. The van der Waals surface area contributed by atoms with Crippen LogP contribution in [0, 0.1) is 5.92 Å². The Balaban J connectivity index is 1.61. The molecule has 0 radical (unpaired) electrons. The van der Waals surface area contributed by atoms with Crippen molar-refractivity contribution in [2.45, 2.75) is 44.7 Å². The van der Waals surface area contributed by atoms with E-state index in [1.807, 2.05) is 0 Å². The molecular weight excluding hydrogens is 230 g/mol. The Kier molecular flexibility index (Phi) is 4.14. The number of hydrogen-bond donors (Lipinski definition) is 1. The van der Waals surface area contributed by atoms with Crippen LogP contribution >= 0.6 is 0 Å². The third kappa shape index (κ3) is 3.36. The van der Waals surface area contributed by atoms with Crippen LogP contribution in [0.25, 0.3) is 0 Å². The van der Waals surface area contributed by atoms with Gasteiger partial charge in [-0.1, -0.05) is 48.6 Å². The lowest BCUT2D eigenvalue weighted by Crippen LogP contribution is -2.32. The Morgan fingerprint density at radius 2 is 2.00 bits per heavy atom. The van der Waals surface area contributed by atoms with Gasteiger partial charge in [0, 0.05) is 12.6 Å². The van der Waals surface area contributed by atoms with Crippen LogP contribution in [0.1, 0.15) is 36.8 Å². The van der Waals surface area contributed by atoms with Gasteiger partial charge in [-0.3, -0.25) is 0 Å². The first-order chi connectivity index (χ1) is 9.42. The molecule has 100 valence electrons. The van der Waals surface area contributed by atoms with Crippen LogP contribution in [0.5, 0.6) is 0 Å². The van der Waals surface area contributed by atoms with Gasteiger partial charge in [0.05, 0.1) is 0 Å². The van der Waals surface area contributed by atoms with E-state index >= 15 is 0 Å². The van der Waals surface area contributed by atoms with Crippen molar-refractivity contribution in [2.75, 3.05) is 0 Å². The molecule has 0 amide bonds. The SMILES string of the molecule is C1=CCC(CC2CCCc3ccccc3CN2)C=C1. The topological polar surface area (TPSA) is 12.0 Å². The van der Waals surface area contributed by atoms with Gasteiger partial charge in [0.25, 0.3) is 0 Å². The van der Waals surface area contributed by atoms with Crippen LogP contribution in [0.15, 0.2) is 48.6 Å². The fourth-order valence-electron chi connectivity index (χ4n) is 3.24. The number of benzene rings is 1. The average Bonchev–Trinajstić information content (AvgIpc) is 2.44. The highest BCUT2D eigenvalue weighted by Gasteiger charge is 2.17. The van der Waals surface area contributed by atoms with E-state index in [1.165, 1.54) is 43.2 Å². The molecule has 0 spiro atoms. The maximum absolute atomic E-state index is 3.77. The smallest absolute Gasteiger partial charge is 0.0210 e. The first kappa shape index (κ1) is 12.7. The standard InChI is InChI=1S/C18H23N/c1-2-7-15(8-3-1)13-18-12-6-11-16-9-4-5-10-17(16)14-19-18/h1-5,7,9-10,15,18-19H,6,8,11-14H2. The summed E-state index contributed by atoms with van der Waals surface area (Å²) < 4.78 is 0. The quantitative estimate of drug-likeness (QED) is 0.840. The zero-order chi connectivity index (χ0) is 12.9. The summed E-state index contributed by atoms with van der Waals surface area (Å²) in [6.45, 7) is 1.03. The molecule has 2 atom stereocenters. The molecule has 0 saturated heterocycles. The van der Waals surface area contributed by atoms with Gasteiger partial charge in [0.1, 0.15) is 0 Å². The fourth-order valence-corrected chi connectivity index (χ4v) is 3.24. The van der Waals surface area contributed by atoms with Gasteiger partial charge in [0.2, 0.25) is 0 Å². The molecule has 1 aromatic carbocycles. The minimum Gasteiger partial charge on any atom is -0.310 e. The van der Waals surface area contributed by atoms with Gasteiger partial charge in [0.15, 0.2) is 0 Å². The molecule has 1 aromatic rings. The van der Waals surface area contributed by atoms with E-state index in [0.29, 0.717) is 6.04 Å². The highest BCUT2D eigenvalue weighted by molar-refractivity contribution is 5.27. The van der Waals surface area contributed by atoms with Crippen LogP contribution in [0.4, 0.5) is 0 Å². The summed E-state index contributed by atoms with van der Waals surface area (Å²) in [5.74, 6) is 0.733. The van der Waals surface area contributed by atoms with Crippen LogP contribution < -0.4 is 5.32 Å². The molecule has 19 heavy (non-hydrogen) atoms. The van der Waals surface area contributed by atoms with Crippen LogP contribution in [0.2, 0.25) is 0 Å². The summed E-state index contributed by atoms with van der Waals surface area (Å²) in [7, 11) is 0. The van der Waals surface area contributed by atoms with Gasteiger partial charge in [-0.2, -0.15) is 0 Å². The lowest BCUT2D eigenvalue weighted by molar-refractivity contribution is 0.386. The molecule has 0 bridgehead atoms. The summed E-state index contributed by atoms with van der Waals surface area (Å²) in [6, 6.07) is 9.55. The van der Waals surface area contributed by atoms with Gasteiger partial charge >= 0.3 is 0 Å². The van der Waals surface area contributed by atoms with E-state index < -0.39 is 0 Å². The summed E-state index contributed by atoms with van der Waals surface area (Å²) in [4.78, 5) is 0. The average molecular weight is 253 g/mol. The van der Waals surface area contributed by atoms with Gasteiger partial charge in [-0.25, -0.2) is 0 Å². The molecule has 0 aromatic heterocycles. The predicted octanol–water partition coefficient (Wildman–Crippen LogP) is 4.00. The lowest BCUT2D eigenvalue weighted by atomic mass is 9.89. The molecular formula is C18H23N. The Labute approximate surface area is 116 Å². The van der Waals surface area contributed by atoms with E-state index in [-0.39, 0.29) is 0 Å². The van der Waals surface area contributed by atoms with Crippen molar-refractivity contribution in [3.63, 3.8) is 0 Å². The largest absolute Gasteiger partial charge is 0.310 e. The third-order valence-corrected chi connectivity index (χ3v) is 4.35. The molecule has 2 unspecified atom stereocenters. The maximum atomic E-state index is 3.77. The van der Waals surface area contributed by atoms with Crippen molar-refractivity contribution in [1.82, 2.24) is 5.32 Å². The molecule has 3 rings (SSSR count). The molecule has 1 heterocycles. The minimum atomic E-state index is 0.675. The normalized spacial score (nSPS) is 26.5. The lowest BCUT2D eigenvalue weighted by Gasteiger charge is -2.26.